The first-order chi connectivity index (χ1) is 10.7. The lowest BCUT2D eigenvalue weighted by Crippen LogP contribution is -2.30. The molecule has 0 saturated carbocycles. The van der Waals surface area contributed by atoms with Crippen LogP contribution >= 0.6 is 0 Å². The smallest absolute Gasteiger partial charge is 0.293 e. The minimum Gasteiger partial charge on any atom is -0.363 e. The number of benzene rings is 1. The maximum absolute atomic E-state index is 11.6. The molecular weight excluding hydrogens is 316 g/mol. The van der Waals surface area contributed by atoms with Gasteiger partial charge in [0, 0.05) is 24.9 Å². The minimum atomic E-state index is -3.46. The number of anilines is 1. The maximum atomic E-state index is 11.6. The van der Waals surface area contributed by atoms with Gasteiger partial charge in [0.15, 0.2) is 9.84 Å². The maximum Gasteiger partial charge on any atom is 0.293 e. The first-order valence-corrected chi connectivity index (χ1v) is 9.84. The third-order valence-corrected chi connectivity index (χ3v) is 5.45. The molecule has 0 amide bonds. The van der Waals surface area contributed by atoms with E-state index >= 15 is 0 Å². The summed E-state index contributed by atoms with van der Waals surface area (Å²) in [5.41, 5.74) is 0.415. The Bertz CT molecular complexity index is 685. The second-order valence-corrected chi connectivity index (χ2v) is 8.66. The number of nitrogens with zero attached hydrogens (tertiary/aromatic N) is 2. The molecule has 1 aliphatic rings. The Hall–Kier alpha value is -1.63. The molecule has 0 aromatic heterocycles. The van der Waals surface area contributed by atoms with Crippen LogP contribution in [-0.2, 0) is 9.84 Å². The molecule has 0 radical (unpaired) electrons. The molecule has 128 valence electrons. The highest BCUT2D eigenvalue weighted by atomic mass is 32.2. The molecule has 0 aliphatic carbocycles. The number of nitro groups is 1. The Morgan fingerprint density at radius 1 is 1.39 bits per heavy atom. The zero-order chi connectivity index (χ0) is 17.2. The second kappa shape index (κ2) is 6.86. The molecule has 1 atom stereocenters. The summed E-state index contributed by atoms with van der Waals surface area (Å²) in [6, 6.07) is 4.53. The molecule has 0 bridgehead atoms. The van der Waals surface area contributed by atoms with E-state index in [0.717, 1.165) is 38.5 Å². The fourth-order valence-electron chi connectivity index (χ4n) is 3.10. The van der Waals surface area contributed by atoms with Gasteiger partial charge in [0.05, 0.1) is 9.82 Å². The largest absolute Gasteiger partial charge is 0.363 e. The van der Waals surface area contributed by atoms with Crippen molar-refractivity contribution in [1.29, 1.82) is 0 Å². The molecule has 0 N–H and O–H groups in total. The summed E-state index contributed by atoms with van der Waals surface area (Å²) in [7, 11) is -3.46. The number of rotatable bonds is 6. The molecule has 1 fully saturated rings. The fourth-order valence-corrected chi connectivity index (χ4v) is 3.74. The van der Waals surface area contributed by atoms with Gasteiger partial charge in [-0.2, -0.15) is 0 Å². The van der Waals surface area contributed by atoms with Crippen molar-refractivity contribution in [2.24, 2.45) is 5.92 Å². The van der Waals surface area contributed by atoms with Crippen LogP contribution in [0.25, 0.3) is 0 Å². The van der Waals surface area contributed by atoms with Gasteiger partial charge in [0.2, 0.25) is 0 Å². The molecule has 1 aliphatic heterocycles. The summed E-state index contributed by atoms with van der Waals surface area (Å²) in [6.45, 7) is 5.12. The van der Waals surface area contributed by atoms with Crippen molar-refractivity contribution >= 4 is 21.2 Å². The van der Waals surface area contributed by atoms with Gasteiger partial charge in [-0.25, -0.2) is 8.42 Å². The van der Waals surface area contributed by atoms with E-state index in [1.54, 1.807) is 6.07 Å². The lowest BCUT2D eigenvalue weighted by Gasteiger charge is -2.27. The van der Waals surface area contributed by atoms with Crippen molar-refractivity contribution in [2.75, 3.05) is 17.7 Å². The van der Waals surface area contributed by atoms with Crippen molar-refractivity contribution in [3.8, 4) is 0 Å². The number of hydrogen-bond donors (Lipinski definition) is 0. The fraction of sp³-hybridized carbons (Fsp3) is 0.625. The first kappa shape index (κ1) is 17.7. The van der Waals surface area contributed by atoms with Crippen LogP contribution in [0.5, 0.6) is 0 Å². The SMILES string of the molecule is CC(C)CCC1CCCN1c1ccc(S(C)(=O)=O)cc1[N+](=O)[O-]. The molecule has 7 heteroatoms. The number of nitro benzene ring substituents is 1. The summed E-state index contributed by atoms with van der Waals surface area (Å²) in [5, 5.41) is 11.4. The first-order valence-electron chi connectivity index (χ1n) is 7.95. The van der Waals surface area contributed by atoms with Crippen LogP contribution in [0.4, 0.5) is 11.4 Å². The molecular formula is C16H24N2O4S. The molecule has 1 aromatic rings. The van der Waals surface area contributed by atoms with E-state index < -0.39 is 14.8 Å². The highest BCUT2D eigenvalue weighted by Gasteiger charge is 2.30. The van der Waals surface area contributed by atoms with Crippen LogP contribution in [-0.4, -0.2) is 32.2 Å². The highest BCUT2D eigenvalue weighted by Crippen LogP contribution is 2.36. The van der Waals surface area contributed by atoms with E-state index in [1.165, 1.54) is 12.1 Å². The zero-order valence-electron chi connectivity index (χ0n) is 13.9. The van der Waals surface area contributed by atoms with Crippen molar-refractivity contribution in [3.63, 3.8) is 0 Å². The average Bonchev–Trinajstić information content (AvgIpc) is 2.91. The monoisotopic (exact) mass is 340 g/mol. The lowest BCUT2D eigenvalue weighted by atomic mass is 10.0. The predicted octanol–water partition coefficient (Wildman–Crippen LogP) is 3.40. The molecule has 1 aromatic carbocycles. The van der Waals surface area contributed by atoms with Crippen molar-refractivity contribution in [3.05, 3.63) is 28.3 Å². The van der Waals surface area contributed by atoms with E-state index in [4.69, 9.17) is 0 Å². The van der Waals surface area contributed by atoms with Crippen molar-refractivity contribution in [1.82, 2.24) is 0 Å². The lowest BCUT2D eigenvalue weighted by molar-refractivity contribution is -0.384. The van der Waals surface area contributed by atoms with Crippen molar-refractivity contribution in [2.45, 2.75) is 50.5 Å². The van der Waals surface area contributed by atoms with E-state index in [0.29, 0.717) is 17.6 Å². The Labute approximate surface area is 137 Å². The van der Waals surface area contributed by atoms with Gasteiger partial charge in [-0.15, -0.1) is 0 Å². The molecule has 1 unspecified atom stereocenters. The Morgan fingerprint density at radius 2 is 2.09 bits per heavy atom. The van der Waals surface area contributed by atoms with E-state index in [1.807, 2.05) is 0 Å². The van der Waals surface area contributed by atoms with E-state index in [9.17, 15) is 18.5 Å². The highest BCUT2D eigenvalue weighted by molar-refractivity contribution is 7.90. The van der Waals surface area contributed by atoms with Gasteiger partial charge in [0.1, 0.15) is 5.69 Å². The molecule has 2 rings (SSSR count). The summed E-state index contributed by atoms with van der Waals surface area (Å²) >= 11 is 0. The van der Waals surface area contributed by atoms with E-state index in [2.05, 4.69) is 18.7 Å². The molecule has 1 heterocycles. The molecule has 23 heavy (non-hydrogen) atoms. The van der Waals surface area contributed by atoms with Crippen LogP contribution in [0.3, 0.4) is 0 Å². The van der Waals surface area contributed by atoms with Crippen molar-refractivity contribution < 1.29 is 13.3 Å². The van der Waals surface area contributed by atoms with Gasteiger partial charge >= 0.3 is 0 Å². The minimum absolute atomic E-state index is 0.00845. The quantitative estimate of drug-likeness (QED) is 0.585. The third-order valence-electron chi connectivity index (χ3n) is 4.34. The standard InChI is InChI=1S/C16H24N2O4S/c1-12(2)6-7-13-5-4-10-17(13)15-9-8-14(23(3,21)22)11-16(15)18(19)20/h8-9,11-13H,4-7,10H2,1-3H3. The Morgan fingerprint density at radius 3 is 2.65 bits per heavy atom. The van der Waals surface area contributed by atoms with E-state index in [-0.39, 0.29) is 10.6 Å². The van der Waals surface area contributed by atoms with Gasteiger partial charge in [0.25, 0.3) is 5.69 Å². The molecule has 0 spiro atoms. The average molecular weight is 340 g/mol. The van der Waals surface area contributed by atoms with Crippen LogP contribution in [0.2, 0.25) is 0 Å². The molecule has 1 saturated heterocycles. The summed E-state index contributed by atoms with van der Waals surface area (Å²) in [6.07, 6.45) is 5.18. The number of hydrogen-bond acceptors (Lipinski definition) is 5. The van der Waals surface area contributed by atoms with Gasteiger partial charge in [-0.3, -0.25) is 10.1 Å². The van der Waals surface area contributed by atoms with Crippen LogP contribution in [0.15, 0.2) is 23.1 Å². The van der Waals surface area contributed by atoms with Gasteiger partial charge < -0.3 is 4.90 Å². The van der Waals surface area contributed by atoms with Crippen LogP contribution < -0.4 is 4.90 Å². The van der Waals surface area contributed by atoms with Crippen LogP contribution in [0.1, 0.15) is 39.5 Å². The van der Waals surface area contributed by atoms with Crippen LogP contribution in [0, 0.1) is 16.0 Å². The normalized spacial score (nSPS) is 18.6. The molecule has 6 nitrogen and oxygen atoms in total. The Balaban J connectivity index is 2.36. The Kier molecular flexibility index (Phi) is 5.29. The number of sulfone groups is 1. The third kappa shape index (κ3) is 4.22. The summed E-state index contributed by atoms with van der Waals surface area (Å²) < 4.78 is 23.3. The summed E-state index contributed by atoms with van der Waals surface area (Å²) in [5.74, 6) is 0.597. The summed E-state index contributed by atoms with van der Waals surface area (Å²) in [4.78, 5) is 13.0. The van der Waals surface area contributed by atoms with Gasteiger partial charge in [-0.1, -0.05) is 13.8 Å². The zero-order valence-corrected chi connectivity index (χ0v) is 14.7. The van der Waals surface area contributed by atoms with Gasteiger partial charge in [-0.05, 0) is 43.7 Å². The predicted molar refractivity (Wildman–Crippen MR) is 90.6 cm³/mol. The topological polar surface area (TPSA) is 80.5 Å². The second-order valence-electron chi connectivity index (χ2n) is 6.64.